The van der Waals surface area contributed by atoms with Crippen LogP contribution < -0.4 is 9.88 Å². The van der Waals surface area contributed by atoms with E-state index in [0.717, 1.165) is 50.7 Å². The smallest absolute Gasteiger partial charge is 0.333 e. The molecule has 5 atom stereocenters. The topological polar surface area (TPSA) is 95.7 Å². The van der Waals surface area contributed by atoms with Gasteiger partial charge >= 0.3 is 10.3 Å². The second-order valence-electron chi connectivity index (χ2n) is 9.91. The first-order valence-corrected chi connectivity index (χ1v) is 13.1. The van der Waals surface area contributed by atoms with Gasteiger partial charge in [0, 0.05) is 11.8 Å². The molecule has 31 heavy (non-hydrogen) atoms. The number of hydrogen-bond acceptors (Lipinski definition) is 5. The van der Waals surface area contributed by atoms with E-state index >= 15 is 0 Å². The lowest BCUT2D eigenvalue weighted by molar-refractivity contribution is -0.129. The van der Waals surface area contributed by atoms with Crippen molar-refractivity contribution in [1.29, 1.82) is 0 Å². The van der Waals surface area contributed by atoms with Gasteiger partial charge in [0.05, 0.1) is 13.7 Å². The molecule has 0 saturated heterocycles. The third-order valence-corrected chi connectivity index (χ3v) is 8.74. The van der Waals surface area contributed by atoms with Gasteiger partial charge in [0.25, 0.3) is 0 Å². The summed E-state index contributed by atoms with van der Waals surface area (Å²) in [6.07, 6.45) is 8.57. The van der Waals surface area contributed by atoms with Crippen molar-refractivity contribution in [3.05, 3.63) is 29.3 Å². The number of carbonyl (C=O) groups excluding carboxylic acids is 1. The molecule has 0 amide bonds. The predicted molar refractivity (Wildman–Crippen MR) is 119 cm³/mol. The molecule has 7 heteroatoms. The van der Waals surface area contributed by atoms with Gasteiger partial charge in [-0.25, -0.2) is 5.14 Å². The summed E-state index contributed by atoms with van der Waals surface area (Å²) in [4.78, 5) is 13.1. The minimum Gasteiger partial charge on any atom is -0.497 e. The first kappa shape index (κ1) is 22.7. The van der Waals surface area contributed by atoms with Crippen LogP contribution in [0.4, 0.5) is 0 Å². The van der Waals surface area contributed by atoms with Crippen molar-refractivity contribution < 1.29 is 22.1 Å². The van der Waals surface area contributed by atoms with Gasteiger partial charge in [0.2, 0.25) is 0 Å². The maximum Gasteiger partial charge on any atom is 0.333 e. The molecule has 0 bridgehead atoms. The van der Waals surface area contributed by atoms with E-state index in [4.69, 9.17) is 9.88 Å². The van der Waals surface area contributed by atoms with Gasteiger partial charge in [0.1, 0.15) is 11.5 Å². The van der Waals surface area contributed by atoms with Gasteiger partial charge < -0.3 is 4.74 Å². The van der Waals surface area contributed by atoms with Crippen LogP contribution in [0, 0.1) is 23.2 Å². The van der Waals surface area contributed by atoms with E-state index in [0.29, 0.717) is 42.3 Å². The van der Waals surface area contributed by atoms with E-state index in [1.807, 2.05) is 0 Å². The van der Waals surface area contributed by atoms with E-state index in [1.165, 1.54) is 11.1 Å². The molecule has 6 nitrogen and oxygen atoms in total. The number of rotatable bonds is 8. The van der Waals surface area contributed by atoms with Crippen LogP contribution in [0.2, 0.25) is 0 Å². The molecule has 2 saturated carbocycles. The molecule has 4 rings (SSSR count). The van der Waals surface area contributed by atoms with Gasteiger partial charge in [-0.05, 0) is 85.5 Å². The van der Waals surface area contributed by atoms with Crippen LogP contribution in [0.5, 0.6) is 5.75 Å². The summed E-state index contributed by atoms with van der Waals surface area (Å²) >= 11 is 0. The third kappa shape index (κ3) is 4.55. The van der Waals surface area contributed by atoms with Crippen LogP contribution in [0.25, 0.3) is 0 Å². The zero-order valence-electron chi connectivity index (χ0n) is 18.6. The van der Waals surface area contributed by atoms with Crippen LogP contribution in [0.3, 0.4) is 0 Å². The number of carbonyl (C=O) groups is 1. The molecule has 3 aliphatic rings. The molecule has 1 aromatic carbocycles. The summed E-state index contributed by atoms with van der Waals surface area (Å²) in [5, 5.41) is 4.87. The second-order valence-corrected chi connectivity index (χ2v) is 11.1. The number of nitrogens with two attached hydrogens (primary N) is 1. The Bertz CT molecular complexity index is 930. The molecule has 0 radical (unpaired) electrons. The van der Waals surface area contributed by atoms with Crippen LogP contribution >= 0.6 is 0 Å². The average molecular weight is 450 g/mol. The maximum atomic E-state index is 13.1. The molecule has 4 unspecified atom stereocenters. The Kier molecular flexibility index (Phi) is 6.48. The number of ether oxygens (including phenoxy) is 1. The number of hydrogen-bond donors (Lipinski definition) is 1. The Hall–Kier alpha value is -1.44. The van der Waals surface area contributed by atoms with E-state index in [1.54, 1.807) is 7.11 Å². The molecule has 2 fully saturated rings. The van der Waals surface area contributed by atoms with Gasteiger partial charge in [-0.3, -0.25) is 8.98 Å². The number of ketones is 1. The van der Waals surface area contributed by atoms with Crippen LogP contribution in [-0.4, -0.2) is 27.9 Å². The molecule has 3 aliphatic carbocycles. The number of aryl methyl sites for hydroxylation is 1. The van der Waals surface area contributed by atoms with Crippen molar-refractivity contribution in [3.8, 4) is 5.75 Å². The van der Waals surface area contributed by atoms with Gasteiger partial charge in [0.15, 0.2) is 0 Å². The lowest BCUT2D eigenvalue weighted by atomic mass is 9.54. The van der Waals surface area contributed by atoms with Crippen LogP contribution in [0.15, 0.2) is 18.2 Å². The zero-order valence-corrected chi connectivity index (χ0v) is 19.5. The fourth-order valence-electron chi connectivity index (χ4n) is 6.87. The number of methoxy groups -OCH3 is 1. The van der Waals surface area contributed by atoms with Gasteiger partial charge in [-0.15, -0.1) is 0 Å². The number of benzene rings is 1. The third-order valence-electron chi connectivity index (χ3n) is 8.24. The summed E-state index contributed by atoms with van der Waals surface area (Å²) in [6, 6.07) is 6.53. The summed E-state index contributed by atoms with van der Waals surface area (Å²) in [5.74, 6) is 3.39. The summed E-state index contributed by atoms with van der Waals surface area (Å²) in [5.41, 5.74) is 2.71. The van der Waals surface area contributed by atoms with E-state index in [-0.39, 0.29) is 12.0 Å². The Balaban J connectivity index is 1.43. The molecule has 2 N–H and O–H groups in total. The van der Waals surface area contributed by atoms with Crippen molar-refractivity contribution in [2.45, 2.75) is 70.6 Å². The standard InChI is InChI=1S/C24H35NO5S/c1-24-12-11-20-19-10-8-18(29-2)14-16(19)7-9-21(20)23(24)17(15-22(24)26)6-4-3-5-13-30-31(25,27)28/h8,10,14,17,20-21,23H,3-7,9,11-13,15H2,1-2H3,(H2,25,27,28)/t17?,20?,21?,23?,24-/m1/s1. The minimum atomic E-state index is -3.85. The Morgan fingerprint density at radius 1 is 1.19 bits per heavy atom. The maximum absolute atomic E-state index is 13.1. The monoisotopic (exact) mass is 449 g/mol. The molecule has 1 aromatic rings. The van der Waals surface area contributed by atoms with Crippen molar-refractivity contribution in [3.63, 3.8) is 0 Å². The van der Waals surface area contributed by atoms with E-state index in [2.05, 4.69) is 29.3 Å². The highest BCUT2D eigenvalue weighted by atomic mass is 32.2. The quantitative estimate of drug-likeness (QED) is 0.602. The normalized spacial score (nSPS) is 32.3. The highest BCUT2D eigenvalue weighted by Crippen LogP contribution is 2.62. The largest absolute Gasteiger partial charge is 0.497 e. The fourth-order valence-corrected chi connectivity index (χ4v) is 7.22. The minimum absolute atomic E-state index is 0.133. The average Bonchev–Trinajstić information content (AvgIpc) is 2.99. The molecule has 0 aromatic heterocycles. The molecular weight excluding hydrogens is 414 g/mol. The molecule has 0 aliphatic heterocycles. The lowest BCUT2D eigenvalue weighted by Crippen LogP contribution is -2.44. The number of unbranched alkanes of at least 4 members (excludes halogenated alkanes) is 2. The molecule has 0 heterocycles. The summed E-state index contributed by atoms with van der Waals surface area (Å²) in [6.45, 7) is 2.36. The SMILES string of the molecule is COc1ccc2c(c1)CCC1C2CC[C@]2(C)C(=O)CC(CCCCCOS(N)(=O)=O)C12. The van der Waals surface area contributed by atoms with Crippen LogP contribution in [-0.2, 0) is 25.7 Å². The molecule has 172 valence electrons. The van der Waals surface area contributed by atoms with Gasteiger partial charge in [-0.1, -0.05) is 25.8 Å². The van der Waals surface area contributed by atoms with Crippen molar-refractivity contribution in [2.24, 2.45) is 28.3 Å². The first-order valence-electron chi connectivity index (χ1n) is 11.6. The van der Waals surface area contributed by atoms with E-state index < -0.39 is 10.3 Å². The van der Waals surface area contributed by atoms with E-state index in [9.17, 15) is 13.2 Å². The Morgan fingerprint density at radius 3 is 2.74 bits per heavy atom. The lowest BCUT2D eigenvalue weighted by Gasteiger charge is -2.50. The highest BCUT2D eigenvalue weighted by Gasteiger charge is 2.58. The van der Waals surface area contributed by atoms with Gasteiger partial charge in [-0.2, -0.15) is 8.42 Å². The van der Waals surface area contributed by atoms with Crippen molar-refractivity contribution >= 4 is 16.1 Å². The zero-order chi connectivity index (χ0) is 22.2. The predicted octanol–water partition coefficient (Wildman–Crippen LogP) is 4.13. The Labute approximate surface area is 186 Å². The Morgan fingerprint density at radius 2 is 2.00 bits per heavy atom. The molecular formula is C24H35NO5S. The van der Waals surface area contributed by atoms with Crippen LogP contribution in [0.1, 0.15) is 75.3 Å². The summed E-state index contributed by atoms with van der Waals surface area (Å²) in [7, 11) is -2.14. The van der Waals surface area contributed by atoms with Crippen molar-refractivity contribution in [1.82, 2.24) is 0 Å². The highest BCUT2D eigenvalue weighted by molar-refractivity contribution is 7.84. The summed E-state index contributed by atoms with van der Waals surface area (Å²) < 4.78 is 31.8. The molecule has 0 spiro atoms. The first-order chi connectivity index (χ1) is 14.7. The number of Topliss-reactive ketones (excluding diaryl/α,β-unsaturated/α-hetero) is 1. The van der Waals surface area contributed by atoms with Crippen molar-refractivity contribution in [2.75, 3.05) is 13.7 Å². The fraction of sp³-hybridized carbons (Fsp3) is 0.708. The second kappa shape index (κ2) is 8.83. The number of fused-ring (bicyclic) bond motifs is 5.